The van der Waals surface area contributed by atoms with E-state index < -0.39 is 0 Å². The maximum Gasteiger partial charge on any atom is 0.254 e. The molecule has 0 N–H and O–H groups in total. The molecule has 0 bridgehead atoms. The van der Waals surface area contributed by atoms with Gasteiger partial charge in [0.1, 0.15) is 5.75 Å². The van der Waals surface area contributed by atoms with E-state index in [-0.39, 0.29) is 6.61 Å². The number of benzene rings is 2. The summed E-state index contributed by atoms with van der Waals surface area (Å²) in [6.45, 7) is 0.183. The number of nitrogens with zero attached hydrogens (tertiary/aromatic N) is 2. The molecule has 0 spiro atoms. The van der Waals surface area contributed by atoms with Crippen molar-refractivity contribution in [2.45, 2.75) is 6.61 Å². The summed E-state index contributed by atoms with van der Waals surface area (Å²) in [7, 11) is 3.16. The number of hydrogen-bond acceptors (Lipinski definition) is 6. The van der Waals surface area contributed by atoms with Gasteiger partial charge in [-0.15, -0.1) is 10.2 Å². The van der Waals surface area contributed by atoms with E-state index in [1.165, 1.54) is 0 Å². The molecule has 0 amide bonds. The van der Waals surface area contributed by atoms with E-state index >= 15 is 0 Å². The fraction of sp³-hybridized carbons (Fsp3) is 0.176. The molecule has 2 aromatic carbocycles. The van der Waals surface area contributed by atoms with Crippen molar-refractivity contribution in [3.05, 3.63) is 52.8 Å². The van der Waals surface area contributed by atoms with Crippen molar-refractivity contribution in [3.8, 4) is 28.7 Å². The van der Waals surface area contributed by atoms with Crippen LogP contribution in [0.25, 0.3) is 11.5 Å². The third-order valence-electron chi connectivity index (χ3n) is 3.29. The molecule has 0 atom stereocenters. The first-order chi connectivity index (χ1) is 11.7. The molecule has 3 aromatic rings. The maximum absolute atomic E-state index is 5.67. The largest absolute Gasteiger partial charge is 0.493 e. The molecule has 0 aliphatic heterocycles. The molecule has 1 aromatic heterocycles. The van der Waals surface area contributed by atoms with Crippen LogP contribution in [0.15, 0.2) is 51.4 Å². The first-order valence-corrected chi connectivity index (χ1v) is 7.92. The first-order valence-electron chi connectivity index (χ1n) is 7.13. The Morgan fingerprint density at radius 1 is 0.958 bits per heavy atom. The zero-order valence-electron chi connectivity index (χ0n) is 13.2. The van der Waals surface area contributed by atoms with Gasteiger partial charge in [0.25, 0.3) is 5.89 Å². The van der Waals surface area contributed by atoms with Gasteiger partial charge in [-0.05, 0) is 46.3 Å². The van der Waals surface area contributed by atoms with Gasteiger partial charge in [-0.2, -0.15) is 0 Å². The summed E-state index contributed by atoms with van der Waals surface area (Å²) in [4.78, 5) is 0. The van der Waals surface area contributed by atoms with Crippen LogP contribution in [0.4, 0.5) is 0 Å². The number of para-hydroxylation sites is 1. The van der Waals surface area contributed by atoms with Gasteiger partial charge in [0, 0.05) is 5.56 Å². The zero-order valence-corrected chi connectivity index (χ0v) is 14.7. The molecule has 0 unspecified atom stereocenters. The summed E-state index contributed by atoms with van der Waals surface area (Å²) in [5.74, 6) is 2.72. The molecule has 0 aliphatic rings. The Hall–Kier alpha value is -2.54. The molecule has 24 heavy (non-hydrogen) atoms. The van der Waals surface area contributed by atoms with Crippen LogP contribution in [0.3, 0.4) is 0 Å². The molecule has 0 fully saturated rings. The quantitative estimate of drug-likeness (QED) is 0.631. The van der Waals surface area contributed by atoms with E-state index in [9.17, 15) is 0 Å². The van der Waals surface area contributed by atoms with E-state index in [0.717, 1.165) is 10.0 Å². The summed E-state index contributed by atoms with van der Waals surface area (Å²) < 4.78 is 22.7. The van der Waals surface area contributed by atoms with E-state index in [1.807, 2.05) is 30.3 Å². The van der Waals surface area contributed by atoms with Crippen molar-refractivity contribution in [2.24, 2.45) is 0 Å². The maximum atomic E-state index is 5.67. The molecule has 0 radical (unpaired) electrons. The highest BCUT2D eigenvalue weighted by Gasteiger charge is 2.13. The van der Waals surface area contributed by atoms with Gasteiger partial charge in [-0.3, -0.25) is 0 Å². The van der Waals surface area contributed by atoms with Crippen LogP contribution in [0.5, 0.6) is 17.2 Å². The summed E-state index contributed by atoms with van der Waals surface area (Å²) in [5.41, 5.74) is 0.743. The molecule has 0 saturated heterocycles. The lowest BCUT2D eigenvalue weighted by molar-refractivity contribution is 0.263. The minimum Gasteiger partial charge on any atom is -0.493 e. The van der Waals surface area contributed by atoms with Gasteiger partial charge in [0.05, 0.1) is 18.7 Å². The third kappa shape index (κ3) is 3.51. The lowest BCUT2D eigenvalue weighted by Gasteiger charge is -2.07. The van der Waals surface area contributed by atoms with Crippen molar-refractivity contribution in [3.63, 3.8) is 0 Å². The Morgan fingerprint density at radius 2 is 1.75 bits per heavy atom. The van der Waals surface area contributed by atoms with Crippen molar-refractivity contribution in [2.75, 3.05) is 14.2 Å². The van der Waals surface area contributed by atoms with Gasteiger partial charge in [0.15, 0.2) is 18.1 Å². The first kappa shape index (κ1) is 16.3. The molecule has 0 saturated carbocycles. The molecule has 1 heterocycles. The molecule has 6 nitrogen and oxygen atoms in total. The predicted octanol–water partition coefficient (Wildman–Crippen LogP) is 4.10. The highest BCUT2D eigenvalue weighted by atomic mass is 79.9. The van der Waals surface area contributed by atoms with Gasteiger partial charge in [0.2, 0.25) is 5.89 Å². The van der Waals surface area contributed by atoms with Crippen LogP contribution in [-0.4, -0.2) is 24.4 Å². The van der Waals surface area contributed by atoms with Gasteiger partial charge in [-0.25, -0.2) is 0 Å². The fourth-order valence-corrected chi connectivity index (χ4v) is 2.50. The van der Waals surface area contributed by atoms with Crippen LogP contribution < -0.4 is 14.2 Å². The summed E-state index contributed by atoms with van der Waals surface area (Å²) >= 11 is 3.42. The Kier molecular flexibility index (Phi) is 5.00. The van der Waals surface area contributed by atoms with Crippen LogP contribution in [0.1, 0.15) is 5.89 Å². The highest BCUT2D eigenvalue weighted by molar-refractivity contribution is 9.10. The summed E-state index contributed by atoms with van der Waals surface area (Å²) in [6.07, 6.45) is 0. The molecule has 7 heteroatoms. The van der Waals surface area contributed by atoms with Crippen LogP contribution in [0, 0.1) is 0 Å². The molecular formula is C17H15BrN2O4. The van der Waals surface area contributed by atoms with Crippen molar-refractivity contribution < 1.29 is 18.6 Å². The Balaban J connectivity index is 1.75. The second kappa shape index (κ2) is 7.35. The SMILES string of the molecule is COc1ccc(-c2nnc(COc3ccccc3Br)o2)cc1OC. The van der Waals surface area contributed by atoms with E-state index in [2.05, 4.69) is 26.1 Å². The third-order valence-corrected chi connectivity index (χ3v) is 3.94. The van der Waals surface area contributed by atoms with E-state index in [0.29, 0.717) is 29.0 Å². The monoisotopic (exact) mass is 390 g/mol. The predicted molar refractivity (Wildman–Crippen MR) is 91.3 cm³/mol. The topological polar surface area (TPSA) is 66.6 Å². The highest BCUT2D eigenvalue weighted by Crippen LogP contribution is 2.32. The lowest BCUT2D eigenvalue weighted by atomic mass is 10.2. The van der Waals surface area contributed by atoms with E-state index in [4.69, 9.17) is 18.6 Å². The normalized spacial score (nSPS) is 10.5. The molecule has 0 aliphatic carbocycles. The number of hydrogen-bond donors (Lipinski definition) is 0. The Labute approximate surface area is 147 Å². The average Bonchev–Trinajstić information content (AvgIpc) is 3.09. The summed E-state index contributed by atoms with van der Waals surface area (Å²) in [5, 5.41) is 8.05. The van der Waals surface area contributed by atoms with Crippen LogP contribution in [0.2, 0.25) is 0 Å². The van der Waals surface area contributed by atoms with Crippen molar-refractivity contribution >= 4 is 15.9 Å². The fourth-order valence-electron chi connectivity index (χ4n) is 2.10. The number of halogens is 1. The second-order valence-corrected chi connectivity index (χ2v) is 5.64. The number of ether oxygens (including phenoxy) is 3. The lowest BCUT2D eigenvalue weighted by Crippen LogP contribution is -1.96. The smallest absolute Gasteiger partial charge is 0.254 e. The zero-order chi connectivity index (χ0) is 16.9. The minimum atomic E-state index is 0.183. The number of aromatic nitrogens is 2. The molecule has 124 valence electrons. The van der Waals surface area contributed by atoms with E-state index in [1.54, 1.807) is 26.4 Å². The Bertz CT molecular complexity index is 835. The summed E-state index contributed by atoms with van der Waals surface area (Å²) in [6, 6.07) is 13.0. The van der Waals surface area contributed by atoms with Gasteiger partial charge >= 0.3 is 0 Å². The van der Waals surface area contributed by atoms with Crippen LogP contribution in [-0.2, 0) is 6.61 Å². The van der Waals surface area contributed by atoms with Crippen molar-refractivity contribution in [1.29, 1.82) is 0 Å². The standard InChI is InChI=1S/C17H15BrN2O4/c1-21-14-8-7-11(9-15(14)22-2)17-20-19-16(24-17)10-23-13-6-4-3-5-12(13)18/h3-9H,10H2,1-2H3. The van der Waals surface area contributed by atoms with Crippen molar-refractivity contribution in [1.82, 2.24) is 10.2 Å². The average molecular weight is 391 g/mol. The molecular weight excluding hydrogens is 376 g/mol. The Morgan fingerprint density at radius 3 is 2.50 bits per heavy atom. The van der Waals surface area contributed by atoms with Crippen LogP contribution >= 0.6 is 15.9 Å². The molecule has 3 rings (SSSR count). The van der Waals surface area contributed by atoms with Gasteiger partial charge in [-0.1, -0.05) is 12.1 Å². The second-order valence-electron chi connectivity index (χ2n) is 4.79. The number of rotatable bonds is 6. The minimum absolute atomic E-state index is 0.183. The number of methoxy groups -OCH3 is 2. The van der Waals surface area contributed by atoms with Gasteiger partial charge < -0.3 is 18.6 Å².